The Kier molecular flexibility index (Phi) is 6.76. The van der Waals surface area contributed by atoms with Crippen molar-refractivity contribution in [3.8, 4) is 5.75 Å². The summed E-state index contributed by atoms with van der Waals surface area (Å²) in [7, 11) is -3.54. The van der Waals surface area contributed by atoms with E-state index < -0.39 is 10.0 Å². The third kappa shape index (κ3) is 5.71. The molecule has 0 aromatic heterocycles. The third-order valence-electron chi connectivity index (χ3n) is 4.64. The van der Waals surface area contributed by atoms with Gasteiger partial charge in [0, 0.05) is 37.9 Å². The molecule has 1 fully saturated rings. The second kappa shape index (κ2) is 9.28. The van der Waals surface area contributed by atoms with Gasteiger partial charge in [-0.05, 0) is 50.2 Å². The van der Waals surface area contributed by atoms with Gasteiger partial charge in [0.05, 0.1) is 4.90 Å². The molecular formula is C21H27N3O4S. The van der Waals surface area contributed by atoms with Crippen molar-refractivity contribution < 1.29 is 17.9 Å². The van der Waals surface area contributed by atoms with Gasteiger partial charge in [-0.25, -0.2) is 13.1 Å². The van der Waals surface area contributed by atoms with Crippen LogP contribution in [0.3, 0.4) is 0 Å². The van der Waals surface area contributed by atoms with E-state index in [1.165, 1.54) is 12.1 Å². The van der Waals surface area contributed by atoms with Gasteiger partial charge in [0.1, 0.15) is 5.75 Å². The summed E-state index contributed by atoms with van der Waals surface area (Å²) in [5.41, 5.74) is 1.16. The largest absolute Gasteiger partial charge is 0.484 e. The number of nitrogens with one attached hydrogen (secondary N) is 1. The van der Waals surface area contributed by atoms with Crippen LogP contribution in [0.1, 0.15) is 13.8 Å². The fourth-order valence-electron chi connectivity index (χ4n) is 3.18. The molecule has 0 bridgehead atoms. The number of rotatable bonds is 7. The maximum atomic E-state index is 12.4. The molecule has 1 saturated heterocycles. The first-order chi connectivity index (χ1) is 13.8. The molecule has 156 valence electrons. The molecule has 8 heteroatoms. The van der Waals surface area contributed by atoms with E-state index in [1.807, 2.05) is 18.2 Å². The number of para-hydroxylation sites is 1. The molecule has 1 N–H and O–H groups in total. The Morgan fingerprint density at radius 3 is 2.21 bits per heavy atom. The molecule has 1 heterocycles. The van der Waals surface area contributed by atoms with Crippen molar-refractivity contribution in [2.24, 2.45) is 0 Å². The van der Waals surface area contributed by atoms with Gasteiger partial charge in [0.2, 0.25) is 10.0 Å². The zero-order chi connectivity index (χ0) is 20.9. The normalized spacial score (nSPS) is 14.9. The van der Waals surface area contributed by atoms with E-state index in [2.05, 4.69) is 21.8 Å². The standard InChI is InChI=1S/C21H27N3O4S/c1-17(2)22-29(26,27)20-10-8-19(9-11-20)28-16-21(25)24-14-12-23(13-15-24)18-6-4-3-5-7-18/h3-11,17,22H,12-16H2,1-2H3. The van der Waals surface area contributed by atoms with Crippen molar-refractivity contribution in [3.05, 3.63) is 54.6 Å². The maximum Gasteiger partial charge on any atom is 0.260 e. The van der Waals surface area contributed by atoms with E-state index in [0.29, 0.717) is 18.8 Å². The Bertz CT molecular complexity index is 907. The minimum atomic E-state index is -3.54. The van der Waals surface area contributed by atoms with Gasteiger partial charge in [-0.3, -0.25) is 4.79 Å². The van der Waals surface area contributed by atoms with Crippen LogP contribution in [-0.2, 0) is 14.8 Å². The molecule has 0 saturated carbocycles. The monoisotopic (exact) mass is 417 g/mol. The molecule has 7 nitrogen and oxygen atoms in total. The number of piperazine rings is 1. The Labute approximate surface area is 172 Å². The molecule has 0 aliphatic carbocycles. The van der Waals surface area contributed by atoms with E-state index in [1.54, 1.807) is 30.9 Å². The zero-order valence-corrected chi connectivity index (χ0v) is 17.6. The van der Waals surface area contributed by atoms with Crippen LogP contribution >= 0.6 is 0 Å². The van der Waals surface area contributed by atoms with E-state index in [9.17, 15) is 13.2 Å². The number of carbonyl (C=O) groups is 1. The smallest absolute Gasteiger partial charge is 0.260 e. The third-order valence-corrected chi connectivity index (χ3v) is 6.32. The summed E-state index contributed by atoms with van der Waals surface area (Å²) in [6.45, 7) is 6.32. The Hall–Kier alpha value is -2.58. The first kappa shape index (κ1) is 21.1. The van der Waals surface area contributed by atoms with Gasteiger partial charge >= 0.3 is 0 Å². The molecule has 1 aliphatic rings. The second-order valence-corrected chi connectivity index (χ2v) is 8.95. The zero-order valence-electron chi connectivity index (χ0n) is 16.7. The highest BCUT2D eigenvalue weighted by molar-refractivity contribution is 7.89. The lowest BCUT2D eigenvalue weighted by molar-refractivity contribution is -0.133. The molecule has 0 atom stereocenters. The molecule has 0 radical (unpaired) electrons. The lowest BCUT2D eigenvalue weighted by Gasteiger charge is -2.36. The molecule has 1 amide bonds. The van der Waals surface area contributed by atoms with Crippen LogP contribution in [0.4, 0.5) is 5.69 Å². The number of nitrogens with zero attached hydrogens (tertiary/aromatic N) is 2. The summed E-state index contributed by atoms with van der Waals surface area (Å²) in [6, 6.07) is 16.0. The second-order valence-electron chi connectivity index (χ2n) is 7.24. The number of sulfonamides is 1. The minimum absolute atomic E-state index is 0.0678. The van der Waals surface area contributed by atoms with Crippen LogP contribution in [0.25, 0.3) is 0 Å². The summed E-state index contributed by atoms with van der Waals surface area (Å²) in [5.74, 6) is 0.389. The van der Waals surface area contributed by atoms with Crippen LogP contribution in [0.15, 0.2) is 59.5 Å². The quantitative estimate of drug-likeness (QED) is 0.746. The summed E-state index contributed by atoms with van der Waals surface area (Å²) < 4.78 is 32.4. The van der Waals surface area contributed by atoms with Gasteiger partial charge in [-0.2, -0.15) is 0 Å². The molecule has 0 spiro atoms. The van der Waals surface area contributed by atoms with E-state index in [4.69, 9.17) is 4.74 Å². The van der Waals surface area contributed by atoms with Crippen molar-refractivity contribution in [2.45, 2.75) is 24.8 Å². The molecule has 3 rings (SSSR count). The Balaban J connectivity index is 1.49. The summed E-state index contributed by atoms with van der Waals surface area (Å²) in [4.78, 5) is 16.7. The van der Waals surface area contributed by atoms with Crippen molar-refractivity contribution in [1.29, 1.82) is 0 Å². The first-order valence-electron chi connectivity index (χ1n) is 9.68. The fraction of sp³-hybridized carbons (Fsp3) is 0.381. The van der Waals surface area contributed by atoms with Crippen molar-refractivity contribution in [3.63, 3.8) is 0 Å². The number of ether oxygens (including phenoxy) is 1. The lowest BCUT2D eigenvalue weighted by Crippen LogP contribution is -2.50. The van der Waals surface area contributed by atoms with Crippen LogP contribution in [0, 0.1) is 0 Å². The van der Waals surface area contributed by atoms with Crippen LogP contribution in [-0.4, -0.2) is 58.1 Å². The topological polar surface area (TPSA) is 78.9 Å². The van der Waals surface area contributed by atoms with E-state index >= 15 is 0 Å². The molecule has 2 aromatic carbocycles. The van der Waals surface area contributed by atoms with Crippen molar-refractivity contribution in [2.75, 3.05) is 37.7 Å². The van der Waals surface area contributed by atoms with E-state index in [-0.39, 0.29) is 23.5 Å². The van der Waals surface area contributed by atoms with Crippen molar-refractivity contribution in [1.82, 2.24) is 9.62 Å². The number of hydrogen-bond acceptors (Lipinski definition) is 5. The number of carbonyl (C=O) groups excluding carboxylic acids is 1. The lowest BCUT2D eigenvalue weighted by atomic mass is 10.2. The highest BCUT2D eigenvalue weighted by atomic mass is 32.2. The summed E-state index contributed by atoms with van der Waals surface area (Å²) in [6.07, 6.45) is 0. The average molecular weight is 418 g/mol. The van der Waals surface area contributed by atoms with Crippen LogP contribution in [0.2, 0.25) is 0 Å². The maximum absolute atomic E-state index is 12.4. The molecule has 2 aromatic rings. The average Bonchev–Trinajstić information content (AvgIpc) is 2.72. The van der Waals surface area contributed by atoms with Crippen molar-refractivity contribution >= 4 is 21.6 Å². The van der Waals surface area contributed by atoms with Gasteiger partial charge < -0.3 is 14.5 Å². The number of benzene rings is 2. The molecule has 1 aliphatic heterocycles. The summed E-state index contributed by atoms with van der Waals surface area (Å²) in [5, 5.41) is 0. The predicted octanol–water partition coefficient (Wildman–Crippen LogP) is 2.10. The highest BCUT2D eigenvalue weighted by Gasteiger charge is 2.21. The highest BCUT2D eigenvalue weighted by Crippen LogP contribution is 2.18. The van der Waals surface area contributed by atoms with Crippen LogP contribution < -0.4 is 14.4 Å². The van der Waals surface area contributed by atoms with Crippen LogP contribution in [0.5, 0.6) is 5.75 Å². The number of amides is 1. The van der Waals surface area contributed by atoms with Gasteiger partial charge in [-0.1, -0.05) is 18.2 Å². The molecular weight excluding hydrogens is 390 g/mol. The number of hydrogen-bond donors (Lipinski definition) is 1. The van der Waals surface area contributed by atoms with Gasteiger partial charge in [-0.15, -0.1) is 0 Å². The van der Waals surface area contributed by atoms with E-state index in [0.717, 1.165) is 18.8 Å². The molecule has 0 unspecified atom stereocenters. The Morgan fingerprint density at radius 1 is 1.00 bits per heavy atom. The minimum Gasteiger partial charge on any atom is -0.484 e. The first-order valence-corrected chi connectivity index (χ1v) is 11.2. The van der Waals surface area contributed by atoms with Gasteiger partial charge in [0.25, 0.3) is 5.91 Å². The number of anilines is 1. The predicted molar refractivity (Wildman–Crippen MR) is 113 cm³/mol. The van der Waals surface area contributed by atoms with Gasteiger partial charge in [0.15, 0.2) is 6.61 Å². The molecule has 29 heavy (non-hydrogen) atoms. The SMILES string of the molecule is CC(C)NS(=O)(=O)c1ccc(OCC(=O)N2CCN(c3ccccc3)CC2)cc1. The Morgan fingerprint density at radius 2 is 1.62 bits per heavy atom. The fourth-order valence-corrected chi connectivity index (χ4v) is 4.43. The summed E-state index contributed by atoms with van der Waals surface area (Å²) >= 11 is 0.